The highest BCUT2D eigenvalue weighted by Gasteiger charge is 2.10. The molecule has 0 fully saturated rings. The fourth-order valence-electron chi connectivity index (χ4n) is 3.49. The summed E-state index contributed by atoms with van der Waals surface area (Å²) in [6.45, 7) is 0. The lowest BCUT2D eigenvalue weighted by Gasteiger charge is -2.10. The highest BCUT2D eigenvalue weighted by Crippen LogP contribution is 2.30. The monoisotopic (exact) mass is 511 g/mol. The van der Waals surface area contributed by atoms with Crippen molar-refractivity contribution in [2.24, 2.45) is 0 Å². The first-order chi connectivity index (χ1) is 15.3. The Balaban J connectivity index is 1.58. The summed E-state index contributed by atoms with van der Waals surface area (Å²) in [5.74, 6) is 0. The van der Waals surface area contributed by atoms with Crippen molar-refractivity contribution < 1.29 is 0 Å². The van der Waals surface area contributed by atoms with Crippen LogP contribution in [0.5, 0.6) is 0 Å². The SMILES string of the molecule is Ic1ccc(-c2ccc(-c3cc(-c4ccccn4)nc(-c4ccccn4)c3)cc2)cc1. The zero-order valence-corrected chi connectivity index (χ0v) is 18.8. The highest BCUT2D eigenvalue weighted by molar-refractivity contribution is 14.1. The number of hydrogen-bond donors (Lipinski definition) is 0. The third kappa shape index (κ3) is 4.39. The number of halogens is 1. The van der Waals surface area contributed by atoms with Crippen LogP contribution in [0.3, 0.4) is 0 Å². The van der Waals surface area contributed by atoms with E-state index < -0.39 is 0 Å². The van der Waals surface area contributed by atoms with Gasteiger partial charge < -0.3 is 0 Å². The quantitative estimate of drug-likeness (QED) is 0.241. The summed E-state index contributed by atoms with van der Waals surface area (Å²) in [5, 5.41) is 0. The van der Waals surface area contributed by atoms with E-state index in [-0.39, 0.29) is 0 Å². The molecule has 0 saturated heterocycles. The van der Waals surface area contributed by atoms with Crippen molar-refractivity contribution >= 4 is 22.6 Å². The minimum absolute atomic E-state index is 0.834. The van der Waals surface area contributed by atoms with Gasteiger partial charge in [-0.05, 0) is 93.4 Å². The van der Waals surface area contributed by atoms with Gasteiger partial charge in [0.15, 0.2) is 0 Å². The summed E-state index contributed by atoms with van der Waals surface area (Å²) >= 11 is 2.33. The number of hydrogen-bond acceptors (Lipinski definition) is 3. The Labute approximate surface area is 195 Å². The van der Waals surface area contributed by atoms with Gasteiger partial charge in [-0.3, -0.25) is 9.97 Å². The second-order valence-electron chi connectivity index (χ2n) is 7.14. The van der Waals surface area contributed by atoms with Crippen LogP contribution in [0.15, 0.2) is 109 Å². The van der Waals surface area contributed by atoms with Crippen LogP contribution in [-0.2, 0) is 0 Å². The van der Waals surface area contributed by atoms with Gasteiger partial charge in [0.25, 0.3) is 0 Å². The second-order valence-corrected chi connectivity index (χ2v) is 8.39. The van der Waals surface area contributed by atoms with Gasteiger partial charge in [-0.1, -0.05) is 48.5 Å². The molecule has 148 valence electrons. The lowest BCUT2D eigenvalue weighted by Crippen LogP contribution is -1.93. The Kier molecular flexibility index (Phi) is 5.54. The van der Waals surface area contributed by atoms with Gasteiger partial charge >= 0.3 is 0 Å². The van der Waals surface area contributed by atoms with Crippen molar-refractivity contribution in [2.45, 2.75) is 0 Å². The van der Waals surface area contributed by atoms with E-state index in [1.807, 2.05) is 36.4 Å². The van der Waals surface area contributed by atoms with Gasteiger partial charge in [-0.25, -0.2) is 4.98 Å². The summed E-state index contributed by atoms with van der Waals surface area (Å²) in [6.07, 6.45) is 3.58. The third-order valence-corrected chi connectivity index (χ3v) is 5.79. The van der Waals surface area contributed by atoms with Crippen LogP contribution < -0.4 is 0 Å². The molecule has 0 unspecified atom stereocenters. The van der Waals surface area contributed by atoms with Gasteiger partial charge in [-0.15, -0.1) is 0 Å². The zero-order valence-electron chi connectivity index (χ0n) is 16.6. The molecule has 5 rings (SSSR count). The molecule has 3 nitrogen and oxygen atoms in total. The van der Waals surface area contributed by atoms with E-state index in [1.165, 1.54) is 14.7 Å². The van der Waals surface area contributed by atoms with E-state index in [2.05, 4.69) is 93.2 Å². The van der Waals surface area contributed by atoms with Crippen LogP contribution in [0, 0.1) is 3.57 Å². The molecule has 0 amide bonds. The average molecular weight is 511 g/mol. The summed E-state index contributed by atoms with van der Waals surface area (Å²) < 4.78 is 1.24. The molecule has 31 heavy (non-hydrogen) atoms. The normalized spacial score (nSPS) is 10.7. The predicted molar refractivity (Wildman–Crippen MR) is 134 cm³/mol. The molecule has 5 aromatic rings. The Morgan fingerprint density at radius 2 is 0.903 bits per heavy atom. The predicted octanol–water partition coefficient (Wildman–Crippen LogP) is 7.14. The maximum Gasteiger partial charge on any atom is 0.0900 e. The average Bonchev–Trinajstić information content (AvgIpc) is 2.85. The summed E-state index contributed by atoms with van der Waals surface area (Å²) in [4.78, 5) is 13.8. The largest absolute Gasteiger partial charge is 0.255 e. The van der Waals surface area contributed by atoms with Crippen LogP contribution in [0.4, 0.5) is 0 Å². The van der Waals surface area contributed by atoms with E-state index >= 15 is 0 Å². The Bertz CT molecular complexity index is 1240. The molecule has 0 spiro atoms. The van der Waals surface area contributed by atoms with Crippen molar-refractivity contribution in [3.63, 3.8) is 0 Å². The molecule has 4 heteroatoms. The summed E-state index contributed by atoms with van der Waals surface area (Å²) in [7, 11) is 0. The maximum absolute atomic E-state index is 4.85. The standard InChI is InChI=1S/C27H18IN3/c28-23-13-11-20(12-14-23)19-7-9-21(10-8-19)22-17-26(24-5-1-3-15-29-24)31-27(18-22)25-6-2-4-16-30-25/h1-18H. The molecular formula is C27H18IN3. The number of nitrogens with zero attached hydrogens (tertiary/aromatic N) is 3. The lowest BCUT2D eigenvalue weighted by atomic mass is 9.99. The number of benzene rings is 2. The van der Waals surface area contributed by atoms with Crippen LogP contribution in [-0.4, -0.2) is 15.0 Å². The van der Waals surface area contributed by atoms with Crippen LogP contribution >= 0.6 is 22.6 Å². The minimum atomic E-state index is 0.834. The molecule has 0 N–H and O–H groups in total. The maximum atomic E-state index is 4.85. The first-order valence-corrected chi connectivity index (χ1v) is 11.1. The summed E-state index contributed by atoms with van der Waals surface area (Å²) in [6, 6.07) is 33.1. The van der Waals surface area contributed by atoms with E-state index in [4.69, 9.17) is 4.98 Å². The molecule has 0 bridgehead atoms. The van der Waals surface area contributed by atoms with E-state index in [9.17, 15) is 0 Å². The molecule has 0 atom stereocenters. The number of rotatable bonds is 4. The van der Waals surface area contributed by atoms with Crippen molar-refractivity contribution in [1.29, 1.82) is 0 Å². The highest BCUT2D eigenvalue weighted by atomic mass is 127. The fourth-order valence-corrected chi connectivity index (χ4v) is 3.85. The molecule has 0 aliphatic rings. The van der Waals surface area contributed by atoms with Crippen LogP contribution in [0.2, 0.25) is 0 Å². The summed E-state index contributed by atoms with van der Waals surface area (Å²) in [5.41, 5.74) is 7.99. The van der Waals surface area contributed by atoms with Gasteiger partial charge in [-0.2, -0.15) is 0 Å². The molecule has 0 aliphatic carbocycles. The number of aromatic nitrogens is 3. The smallest absolute Gasteiger partial charge is 0.0900 e. The van der Waals surface area contributed by atoms with Gasteiger partial charge in [0.1, 0.15) is 0 Å². The van der Waals surface area contributed by atoms with Gasteiger partial charge in [0.2, 0.25) is 0 Å². The molecule has 0 saturated carbocycles. The van der Waals surface area contributed by atoms with Crippen molar-refractivity contribution in [3.05, 3.63) is 113 Å². The molecule has 0 radical (unpaired) electrons. The van der Waals surface area contributed by atoms with E-state index in [1.54, 1.807) is 12.4 Å². The molecular weight excluding hydrogens is 493 g/mol. The molecule has 2 aromatic carbocycles. The Morgan fingerprint density at radius 3 is 1.35 bits per heavy atom. The van der Waals surface area contributed by atoms with Crippen LogP contribution in [0.25, 0.3) is 45.0 Å². The lowest BCUT2D eigenvalue weighted by molar-refractivity contribution is 1.22. The molecule has 3 aromatic heterocycles. The van der Waals surface area contributed by atoms with Gasteiger partial charge in [0, 0.05) is 16.0 Å². The second kappa shape index (κ2) is 8.78. The van der Waals surface area contributed by atoms with Gasteiger partial charge in [0.05, 0.1) is 22.8 Å². The zero-order chi connectivity index (χ0) is 21.0. The Morgan fingerprint density at radius 1 is 0.452 bits per heavy atom. The van der Waals surface area contributed by atoms with Crippen molar-refractivity contribution in [3.8, 4) is 45.0 Å². The molecule has 3 heterocycles. The van der Waals surface area contributed by atoms with Crippen molar-refractivity contribution in [2.75, 3.05) is 0 Å². The Hall–Kier alpha value is -3.38. The topological polar surface area (TPSA) is 38.7 Å². The van der Waals surface area contributed by atoms with Crippen LogP contribution in [0.1, 0.15) is 0 Å². The molecule has 0 aliphatic heterocycles. The third-order valence-electron chi connectivity index (χ3n) is 5.08. The van der Waals surface area contributed by atoms with E-state index in [0.29, 0.717) is 0 Å². The van der Waals surface area contributed by atoms with Crippen molar-refractivity contribution in [1.82, 2.24) is 15.0 Å². The minimum Gasteiger partial charge on any atom is -0.255 e. The first-order valence-electron chi connectivity index (χ1n) is 9.97. The first kappa shape index (κ1) is 19.6. The fraction of sp³-hybridized carbons (Fsp3) is 0. The number of pyridine rings is 3. The van der Waals surface area contributed by atoms with E-state index in [0.717, 1.165) is 33.9 Å².